The van der Waals surface area contributed by atoms with E-state index in [0.717, 1.165) is 0 Å². The molecule has 1 aliphatic rings. The van der Waals surface area contributed by atoms with Crippen LogP contribution in [0.3, 0.4) is 0 Å². The normalized spacial score (nSPS) is 18.5. The highest BCUT2D eigenvalue weighted by molar-refractivity contribution is 6.33. The van der Waals surface area contributed by atoms with Crippen LogP contribution in [0.5, 0.6) is 5.75 Å². The first-order valence-electron chi connectivity index (χ1n) is 7.30. The third-order valence-electron chi connectivity index (χ3n) is 3.45. The lowest BCUT2D eigenvalue weighted by Crippen LogP contribution is -2.32. The van der Waals surface area contributed by atoms with Gasteiger partial charge in [-0.15, -0.1) is 0 Å². The summed E-state index contributed by atoms with van der Waals surface area (Å²) in [7, 11) is 0. The van der Waals surface area contributed by atoms with Crippen molar-refractivity contribution >= 4 is 23.2 Å². The molecular weight excluding hydrogens is 323 g/mol. The van der Waals surface area contributed by atoms with E-state index < -0.39 is 11.4 Å². The van der Waals surface area contributed by atoms with E-state index in [-0.39, 0.29) is 41.2 Å². The number of rotatable bonds is 4. The van der Waals surface area contributed by atoms with Gasteiger partial charge in [-0.05, 0) is 32.4 Å². The third kappa shape index (κ3) is 4.00. The standard InChI is InChI=1S/C16H20ClFN2O3/c1-8-6-11(21)19-20-14(8)10-5-9(2)15(12(17)13(10)18)23-7-16(3,4)22/h5,8,22H,6-7H2,1-4H3,(H,19,21). The Hall–Kier alpha value is -1.66. The third-order valence-corrected chi connectivity index (χ3v) is 3.79. The van der Waals surface area contributed by atoms with E-state index in [4.69, 9.17) is 16.3 Å². The minimum absolute atomic E-state index is 0.0141. The number of nitrogens with zero attached hydrogens (tertiary/aromatic N) is 1. The zero-order chi connectivity index (χ0) is 17.4. The molecule has 0 aliphatic carbocycles. The zero-order valence-corrected chi connectivity index (χ0v) is 14.3. The molecule has 1 heterocycles. The van der Waals surface area contributed by atoms with Crippen LogP contribution in [0.1, 0.15) is 38.3 Å². The van der Waals surface area contributed by atoms with E-state index in [2.05, 4.69) is 10.5 Å². The number of aryl methyl sites for hydroxylation is 1. The number of nitrogens with one attached hydrogen (secondary N) is 1. The number of hydrazone groups is 1. The van der Waals surface area contributed by atoms with Gasteiger partial charge in [0.2, 0.25) is 5.91 Å². The van der Waals surface area contributed by atoms with Crippen LogP contribution in [0.2, 0.25) is 5.02 Å². The Morgan fingerprint density at radius 2 is 2.22 bits per heavy atom. The summed E-state index contributed by atoms with van der Waals surface area (Å²) < 4.78 is 20.1. The Balaban J connectivity index is 2.40. The van der Waals surface area contributed by atoms with Crippen LogP contribution in [0.4, 0.5) is 4.39 Å². The highest BCUT2D eigenvalue weighted by Crippen LogP contribution is 2.35. The van der Waals surface area contributed by atoms with Crippen LogP contribution in [-0.2, 0) is 4.79 Å². The predicted octanol–water partition coefficient (Wildman–Crippen LogP) is 2.80. The van der Waals surface area contributed by atoms with Gasteiger partial charge in [0.25, 0.3) is 0 Å². The quantitative estimate of drug-likeness (QED) is 0.883. The Kier molecular flexibility index (Phi) is 4.96. The number of halogens is 2. The minimum Gasteiger partial charge on any atom is -0.489 e. The molecule has 7 heteroatoms. The summed E-state index contributed by atoms with van der Waals surface area (Å²) in [5.74, 6) is -0.862. The van der Waals surface area contributed by atoms with E-state index in [1.54, 1.807) is 33.8 Å². The van der Waals surface area contributed by atoms with Gasteiger partial charge >= 0.3 is 0 Å². The van der Waals surface area contributed by atoms with Gasteiger partial charge in [-0.1, -0.05) is 18.5 Å². The summed E-state index contributed by atoms with van der Waals surface area (Å²) in [6, 6.07) is 1.59. The van der Waals surface area contributed by atoms with Gasteiger partial charge < -0.3 is 9.84 Å². The highest BCUT2D eigenvalue weighted by Gasteiger charge is 2.27. The first-order valence-corrected chi connectivity index (χ1v) is 7.68. The summed E-state index contributed by atoms with van der Waals surface area (Å²) in [6.45, 7) is 6.70. The second-order valence-corrected chi connectivity index (χ2v) is 6.81. The van der Waals surface area contributed by atoms with Gasteiger partial charge in [-0.3, -0.25) is 4.79 Å². The molecule has 1 amide bonds. The molecule has 1 aliphatic heterocycles. The molecule has 1 aromatic rings. The molecule has 23 heavy (non-hydrogen) atoms. The van der Waals surface area contributed by atoms with E-state index in [9.17, 15) is 14.3 Å². The Morgan fingerprint density at radius 1 is 1.57 bits per heavy atom. The predicted molar refractivity (Wildman–Crippen MR) is 86.4 cm³/mol. The van der Waals surface area contributed by atoms with Crippen molar-refractivity contribution < 1.29 is 19.0 Å². The molecule has 1 aromatic carbocycles. The minimum atomic E-state index is -1.06. The summed E-state index contributed by atoms with van der Waals surface area (Å²) >= 11 is 6.10. The van der Waals surface area contributed by atoms with E-state index in [0.29, 0.717) is 11.3 Å². The van der Waals surface area contributed by atoms with Crippen molar-refractivity contribution in [2.45, 2.75) is 39.7 Å². The molecule has 0 radical (unpaired) electrons. The van der Waals surface area contributed by atoms with Gasteiger partial charge in [-0.25, -0.2) is 9.82 Å². The maximum Gasteiger partial charge on any atom is 0.240 e. The monoisotopic (exact) mass is 342 g/mol. The van der Waals surface area contributed by atoms with Crippen molar-refractivity contribution in [2.24, 2.45) is 11.0 Å². The number of carbonyl (C=O) groups excluding carboxylic acids is 1. The SMILES string of the molecule is Cc1cc(C2=NNC(=O)CC2C)c(F)c(Cl)c1OCC(C)(C)O. The van der Waals surface area contributed by atoms with Gasteiger partial charge in [0.05, 0.1) is 11.3 Å². The largest absolute Gasteiger partial charge is 0.489 e. The van der Waals surface area contributed by atoms with Gasteiger partial charge in [0.1, 0.15) is 17.4 Å². The van der Waals surface area contributed by atoms with Crippen LogP contribution in [-0.4, -0.2) is 28.9 Å². The van der Waals surface area contributed by atoms with Crippen LogP contribution in [0.15, 0.2) is 11.2 Å². The highest BCUT2D eigenvalue weighted by atomic mass is 35.5. The molecule has 0 saturated heterocycles. The van der Waals surface area contributed by atoms with E-state index >= 15 is 0 Å². The molecule has 0 aromatic heterocycles. The fraction of sp³-hybridized carbons (Fsp3) is 0.500. The summed E-state index contributed by atoms with van der Waals surface area (Å²) in [5, 5.41) is 13.5. The van der Waals surface area contributed by atoms with Crippen LogP contribution < -0.4 is 10.2 Å². The maximum atomic E-state index is 14.6. The van der Waals surface area contributed by atoms with Crippen LogP contribution in [0.25, 0.3) is 0 Å². The topological polar surface area (TPSA) is 70.9 Å². The molecular formula is C16H20ClFN2O3. The average molecular weight is 343 g/mol. The molecule has 0 spiro atoms. The lowest BCUT2D eigenvalue weighted by atomic mass is 9.92. The molecule has 2 rings (SSSR count). The zero-order valence-electron chi connectivity index (χ0n) is 13.5. The molecule has 0 fully saturated rings. The molecule has 5 nitrogen and oxygen atoms in total. The second kappa shape index (κ2) is 6.45. The first-order chi connectivity index (χ1) is 10.6. The smallest absolute Gasteiger partial charge is 0.240 e. The Morgan fingerprint density at radius 3 is 2.78 bits per heavy atom. The van der Waals surface area contributed by atoms with Crippen molar-refractivity contribution in [3.05, 3.63) is 28.0 Å². The van der Waals surface area contributed by atoms with Crippen molar-refractivity contribution in [2.75, 3.05) is 6.61 Å². The fourth-order valence-corrected chi connectivity index (χ4v) is 2.63. The van der Waals surface area contributed by atoms with Crippen molar-refractivity contribution in [1.29, 1.82) is 0 Å². The van der Waals surface area contributed by atoms with Crippen LogP contribution in [0, 0.1) is 18.7 Å². The average Bonchev–Trinajstić information content (AvgIpc) is 2.42. The van der Waals surface area contributed by atoms with E-state index in [1.165, 1.54) is 0 Å². The fourth-order valence-electron chi connectivity index (χ4n) is 2.33. The number of hydrogen-bond donors (Lipinski definition) is 2. The van der Waals surface area contributed by atoms with Crippen LogP contribution >= 0.6 is 11.6 Å². The Bertz CT molecular complexity index is 668. The Labute approximate surface area is 139 Å². The van der Waals surface area contributed by atoms with E-state index in [1.807, 2.05) is 0 Å². The molecule has 0 saturated carbocycles. The van der Waals surface area contributed by atoms with Crippen molar-refractivity contribution in [3.8, 4) is 5.75 Å². The number of benzene rings is 1. The number of ether oxygens (including phenoxy) is 1. The number of amides is 1. The van der Waals surface area contributed by atoms with Crippen molar-refractivity contribution in [3.63, 3.8) is 0 Å². The molecule has 1 atom stereocenters. The molecule has 1 unspecified atom stereocenters. The summed E-state index contributed by atoms with van der Waals surface area (Å²) in [6.07, 6.45) is 0.242. The molecule has 0 bridgehead atoms. The van der Waals surface area contributed by atoms with Gasteiger partial charge in [-0.2, -0.15) is 5.10 Å². The van der Waals surface area contributed by atoms with Crippen molar-refractivity contribution in [1.82, 2.24) is 5.43 Å². The number of carbonyl (C=O) groups is 1. The lowest BCUT2D eigenvalue weighted by molar-refractivity contribution is -0.121. The van der Waals surface area contributed by atoms with Gasteiger partial charge in [0.15, 0.2) is 5.82 Å². The maximum absolute atomic E-state index is 14.6. The number of hydrogen-bond acceptors (Lipinski definition) is 4. The summed E-state index contributed by atoms with van der Waals surface area (Å²) in [5.41, 5.74) is 2.62. The van der Waals surface area contributed by atoms with Gasteiger partial charge in [0, 0.05) is 17.9 Å². The second-order valence-electron chi connectivity index (χ2n) is 6.44. The molecule has 126 valence electrons. The molecule has 2 N–H and O–H groups in total. The number of aliphatic hydroxyl groups is 1. The summed E-state index contributed by atoms with van der Waals surface area (Å²) in [4.78, 5) is 11.3. The lowest BCUT2D eigenvalue weighted by Gasteiger charge is -2.23. The first kappa shape index (κ1) is 17.7.